The standard InChI is InChI=1S/C27H25N3O5/c1-18-6-4-5-7-23(18)30-26(31)17-35-24-13-8-19(15-25(24)34-3)14-20(16-28)27(32)29-21-9-11-22(33-2)12-10-21/h4-15H,17H2,1-3H3,(H,29,32)(H,30,31)/b20-14-. The van der Waals surface area contributed by atoms with E-state index >= 15 is 0 Å². The van der Waals surface area contributed by atoms with E-state index in [1.165, 1.54) is 13.2 Å². The van der Waals surface area contributed by atoms with Crippen LogP contribution in [0.1, 0.15) is 11.1 Å². The van der Waals surface area contributed by atoms with E-state index in [-0.39, 0.29) is 18.1 Å². The van der Waals surface area contributed by atoms with Crippen molar-refractivity contribution in [1.82, 2.24) is 0 Å². The number of hydrogen-bond donors (Lipinski definition) is 2. The van der Waals surface area contributed by atoms with Crippen molar-refractivity contribution in [2.45, 2.75) is 6.92 Å². The molecule has 3 aromatic rings. The fourth-order valence-corrected chi connectivity index (χ4v) is 3.12. The van der Waals surface area contributed by atoms with Crippen molar-refractivity contribution >= 4 is 29.3 Å². The molecular weight excluding hydrogens is 446 g/mol. The first-order chi connectivity index (χ1) is 16.9. The second kappa shape index (κ2) is 11.9. The second-order valence-corrected chi connectivity index (χ2v) is 7.41. The SMILES string of the molecule is COc1ccc(NC(=O)/C(C#N)=C\c2ccc(OCC(=O)Nc3ccccc3C)c(OC)c2)cc1. The van der Waals surface area contributed by atoms with E-state index in [9.17, 15) is 14.9 Å². The van der Waals surface area contributed by atoms with Gasteiger partial charge in [0.2, 0.25) is 0 Å². The van der Waals surface area contributed by atoms with Crippen LogP contribution in [0.15, 0.2) is 72.3 Å². The van der Waals surface area contributed by atoms with Gasteiger partial charge in [-0.25, -0.2) is 0 Å². The van der Waals surface area contributed by atoms with Gasteiger partial charge in [-0.1, -0.05) is 24.3 Å². The van der Waals surface area contributed by atoms with Crippen LogP contribution in [0.3, 0.4) is 0 Å². The number of nitriles is 1. The Morgan fingerprint density at radius 1 is 0.943 bits per heavy atom. The van der Waals surface area contributed by atoms with Crippen LogP contribution >= 0.6 is 0 Å². The van der Waals surface area contributed by atoms with Gasteiger partial charge in [-0.2, -0.15) is 5.26 Å². The van der Waals surface area contributed by atoms with Gasteiger partial charge in [-0.3, -0.25) is 9.59 Å². The Morgan fingerprint density at radius 2 is 1.69 bits per heavy atom. The summed E-state index contributed by atoms with van der Waals surface area (Å²) in [6.07, 6.45) is 1.44. The Morgan fingerprint density at radius 3 is 2.34 bits per heavy atom. The number of benzene rings is 3. The Balaban J connectivity index is 1.67. The van der Waals surface area contributed by atoms with E-state index in [0.717, 1.165) is 5.56 Å². The van der Waals surface area contributed by atoms with Crippen LogP contribution in [0.5, 0.6) is 17.2 Å². The van der Waals surface area contributed by atoms with Crippen molar-refractivity contribution < 1.29 is 23.8 Å². The van der Waals surface area contributed by atoms with Crippen molar-refractivity contribution in [2.75, 3.05) is 31.5 Å². The number of nitrogens with one attached hydrogen (secondary N) is 2. The van der Waals surface area contributed by atoms with Gasteiger partial charge in [0.15, 0.2) is 18.1 Å². The van der Waals surface area contributed by atoms with Crippen LogP contribution in [-0.2, 0) is 9.59 Å². The smallest absolute Gasteiger partial charge is 0.266 e. The number of amides is 2. The zero-order chi connectivity index (χ0) is 25.2. The highest BCUT2D eigenvalue weighted by molar-refractivity contribution is 6.09. The molecule has 0 fully saturated rings. The molecule has 0 heterocycles. The molecule has 3 rings (SSSR count). The Bertz CT molecular complexity index is 1280. The van der Waals surface area contributed by atoms with E-state index in [2.05, 4.69) is 10.6 Å². The molecule has 0 aliphatic rings. The molecule has 0 saturated carbocycles. The maximum Gasteiger partial charge on any atom is 0.266 e. The lowest BCUT2D eigenvalue weighted by Crippen LogP contribution is -2.20. The summed E-state index contributed by atoms with van der Waals surface area (Å²) in [5, 5.41) is 15.0. The molecule has 0 aromatic heterocycles. The zero-order valence-corrected chi connectivity index (χ0v) is 19.6. The number of rotatable bonds is 9. The first kappa shape index (κ1) is 24.9. The molecule has 0 unspecified atom stereocenters. The molecule has 0 radical (unpaired) electrons. The molecule has 2 N–H and O–H groups in total. The minimum absolute atomic E-state index is 0.0888. The third-order valence-electron chi connectivity index (χ3n) is 4.99. The lowest BCUT2D eigenvalue weighted by atomic mass is 10.1. The summed E-state index contributed by atoms with van der Waals surface area (Å²) in [6, 6.07) is 21.0. The highest BCUT2D eigenvalue weighted by Crippen LogP contribution is 2.29. The van der Waals surface area contributed by atoms with Gasteiger partial charge in [0.25, 0.3) is 11.8 Å². The van der Waals surface area contributed by atoms with Crippen molar-refractivity contribution in [3.63, 3.8) is 0 Å². The number of ether oxygens (including phenoxy) is 3. The van der Waals surface area contributed by atoms with Gasteiger partial charge >= 0.3 is 0 Å². The predicted octanol–water partition coefficient (Wildman–Crippen LogP) is 4.58. The molecule has 0 saturated heterocycles. The van der Waals surface area contributed by atoms with Crippen molar-refractivity contribution in [3.8, 4) is 23.3 Å². The lowest BCUT2D eigenvalue weighted by molar-refractivity contribution is -0.118. The largest absolute Gasteiger partial charge is 0.497 e. The van der Waals surface area contributed by atoms with Gasteiger partial charge < -0.3 is 24.8 Å². The number of carbonyl (C=O) groups is 2. The monoisotopic (exact) mass is 471 g/mol. The predicted molar refractivity (Wildman–Crippen MR) is 134 cm³/mol. The summed E-state index contributed by atoms with van der Waals surface area (Å²) in [7, 11) is 3.01. The minimum Gasteiger partial charge on any atom is -0.497 e. The number of para-hydroxylation sites is 1. The molecular formula is C27H25N3O5. The summed E-state index contributed by atoms with van der Waals surface area (Å²) in [5.74, 6) is 0.499. The second-order valence-electron chi connectivity index (χ2n) is 7.41. The third-order valence-corrected chi connectivity index (χ3v) is 4.99. The van der Waals surface area contributed by atoms with E-state index in [0.29, 0.717) is 34.2 Å². The first-order valence-electron chi connectivity index (χ1n) is 10.7. The van der Waals surface area contributed by atoms with E-state index in [1.807, 2.05) is 37.3 Å². The summed E-state index contributed by atoms with van der Waals surface area (Å²) < 4.78 is 16.1. The topological polar surface area (TPSA) is 110 Å². The number of nitrogens with zero attached hydrogens (tertiary/aromatic N) is 1. The Kier molecular flexibility index (Phi) is 8.46. The van der Waals surface area contributed by atoms with Crippen LogP contribution in [0, 0.1) is 18.3 Å². The third kappa shape index (κ3) is 6.85. The average Bonchev–Trinajstić information content (AvgIpc) is 2.88. The molecule has 0 atom stereocenters. The summed E-state index contributed by atoms with van der Waals surface area (Å²) in [5.41, 5.74) is 2.65. The van der Waals surface area contributed by atoms with Gasteiger partial charge in [0, 0.05) is 11.4 Å². The minimum atomic E-state index is -0.551. The lowest BCUT2D eigenvalue weighted by Gasteiger charge is -2.12. The van der Waals surface area contributed by atoms with Crippen molar-refractivity contribution in [3.05, 3.63) is 83.4 Å². The van der Waals surface area contributed by atoms with Gasteiger partial charge in [0.1, 0.15) is 17.4 Å². The van der Waals surface area contributed by atoms with E-state index in [1.54, 1.807) is 49.6 Å². The maximum absolute atomic E-state index is 12.5. The molecule has 8 heteroatoms. The van der Waals surface area contributed by atoms with Crippen LogP contribution in [-0.4, -0.2) is 32.6 Å². The molecule has 0 aliphatic heterocycles. The molecule has 0 aliphatic carbocycles. The number of aryl methyl sites for hydroxylation is 1. The maximum atomic E-state index is 12.5. The van der Waals surface area contributed by atoms with Crippen molar-refractivity contribution in [2.24, 2.45) is 0 Å². The van der Waals surface area contributed by atoms with Gasteiger partial charge in [-0.15, -0.1) is 0 Å². The highest BCUT2D eigenvalue weighted by Gasteiger charge is 2.13. The Hall–Kier alpha value is -4.77. The molecule has 35 heavy (non-hydrogen) atoms. The zero-order valence-electron chi connectivity index (χ0n) is 19.6. The molecule has 3 aromatic carbocycles. The van der Waals surface area contributed by atoms with Crippen molar-refractivity contribution in [1.29, 1.82) is 5.26 Å². The molecule has 8 nitrogen and oxygen atoms in total. The molecule has 178 valence electrons. The van der Waals surface area contributed by atoms with Crippen LogP contribution in [0.25, 0.3) is 6.08 Å². The Labute approximate surface area is 203 Å². The number of methoxy groups -OCH3 is 2. The van der Waals surface area contributed by atoms with Crippen LogP contribution in [0.4, 0.5) is 11.4 Å². The molecule has 0 bridgehead atoms. The normalized spacial score (nSPS) is 10.6. The fourth-order valence-electron chi connectivity index (χ4n) is 3.12. The summed E-state index contributed by atoms with van der Waals surface area (Å²) >= 11 is 0. The quantitative estimate of drug-likeness (QED) is 0.349. The number of hydrogen-bond acceptors (Lipinski definition) is 6. The number of anilines is 2. The fraction of sp³-hybridized carbons (Fsp3) is 0.148. The molecule has 2 amide bonds. The van der Waals surface area contributed by atoms with Crippen LogP contribution in [0.2, 0.25) is 0 Å². The summed E-state index contributed by atoms with van der Waals surface area (Å²) in [6.45, 7) is 1.69. The van der Waals surface area contributed by atoms with Gasteiger partial charge in [-0.05, 0) is 66.6 Å². The highest BCUT2D eigenvalue weighted by atomic mass is 16.5. The molecule has 0 spiro atoms. The first-order valence-corrected chi connectivity index (χ1v) is 10.7. The average molecular weight is 472 g/mol. The summed E-state index contributed by atoms with van der Waals surface area (Å²) in [4.78, 5) is 24.8. The number of carbonyl (C=O) groups excluding carboxylic acids is 2. The van der Waals surface area contributed by atoms with E-state index < -0.39 is 5.91 Å². The van der Waals surface area contributed by atoms with Gasteiger partial charge in [0.05, 0.1) is 14.2 Å². The van der Waals surface area contributed by atoms with E-state index in [4.69, 9.17) is 14.2 Å². The van der Waals surface area contributed by atoms with Crippen LogP contribution < -0.4 is 24.8 Å².